The minimum absolute atomic E-state index is 0.273. The summed E-state index contributed by atoms with van der Waals surface area (Å²) in [6.45, 7) is 4.17. The fourth-order valence-electron chi connectivity index (χ4n) is 4.02. The first-order chi connectivity index (χ1) is 15.2. The van der Waals surface area contributed by atoms with E-state index in [1.807, 2.05) is 30.5 Å². The Hall–Kier alpha value is -3.25. The Balaban J connectivity index is 1.38. The molecule has 0 saturated carbocycles. The van der Waals surface area contributed by atoms with E-state index in [9.17, 15) is 4.79 Å². The maximum Gasteiger partial charge on any atom is 0.221 e. The lowest BCUT2D eigenvalue weighted by Crippen LogP contribution is -2.43. The van der Waals surface area contributed by atoms with E-state index in [2.05, 4.69) is 45.5 Å². The van der Waals surface area contributed by atoms with Gasteiger partial charge in [-0.2, -0.15) is 0 Å². The lowest BCUT2D eigenvalue weighted by molar-refractivity contribution is -0.117. The molecule has 6 heteroatoms. The van der Waals surface area contributed by atoms with E-state index in [0.29, 0.717) is 6.42 Å². The van der Waals surface area contributed by atoms with Crippen molar-refractivity contribution < 1.29 is 4.79 Å². The maximum atomic E-state index is 11.3. The Morgan fingerprint density at radius 2 is 1.71 bits per heavy atom. The molecule has 1 aliphatic heterocycles. The average molecular weight is 416 g/mol. The van der Waals surface area contributed by atoms with Crippen LogP contribution in [0.3, 0.4) is 0 Å². The molecule has 2 heterocycles. The third-order valence-electron chi connectivity index (χ3n) is 5.68. The predicted molar refractivity (Wildman–Crippen MR) is 123 cm³/mol. The van der Waals surface area contributed by atoms with Crippen LogP contribution in [0.1, 0.15) is 28.2 Å². The fourth-order valence-corrected chi connectivity index (χ4v) is 4.02. The Morgan fingerprint density at radius 1 is 0.968 bits per heavy atom. The van der Waals surface area contributed by atoms with E-state index in [4.69, 9.17) is 10.7 Å². The number of carbonyl (C=O) groups excluding carboxylic acids is 1. The number of amides is 1. The standard InChI is InChI=1S/C25H29N5O/c26-24(31)18-21-4-2-1-3-20(21)7-8-22-11-12-28-25(29-22)17-19-5-9-23(10-6-19)30-15-13-27-14-16-30/h1-6,9-12,27H,7-8,13-18H2,(H2,26,31). The van der Waals surface area contributed by atoms with Gasteiger partial charge in [0, 0.05) is 50.2 Å². The van der Waals surface area contributed by atoms with Gasteiger partial charge < -0.3 is 16.0 Å². The van der Waals surface area contributed by atoms with Gasteiger partial charge in [-0.05, 0) is 47.7 Å². The number of rotatable bonds is 8. The number of benzene rings is 2. The Labute approximate surface area is 183 Å². The molecule has 0 unspecified atom stereocenters. The molecule has 0 spiro atoms. The second-order valence-corrected chi connectivity index (χ2v) is 7.96. The zero-order valence-electron chi connectivity index (χ0n) is 17.8. The molecule has 3 N–H and O–H groups in total. The van der Waals surface area contributed by atoms with Crippen molar-refractivity contribution in [1.82, 2.24) is 15.3 Å². The van der Waals surface area contributed by atoms with Crippen molar-refractivity contribution >= 4 is 11.6 Å². The number of primary amides is 1. The molecule has 1 fully saturated rings. The van der Waals surface area contributed by atoms with Crippen molar-refractivity contribution in [3.8, 4) is 0 Å². The minimum atomic E-state index is -0.306. The van der Waals surface area contributed by atoms with E-state index in [1.165, 1.54) is 11.3 Å². The first-order valence-electron chi connectivity index (χ1n) is 10.9. The van der Waals surface area contributed by atoms with Gasteiger partial charge in [0.15, 0.2) is 0 Å². The number of piperazine rings is 1. The van der Waals surface area contributed by atoms with Crippen LogP contribution in [0.5, 0.6) is 0 Å². The Morgan fingerprint density at radius 3 is 2.45 bits per heavy atom. The summed E-state index contributed by atoms with van der Waals surface area (Å²) in [5.41, 5.74) is 11.0. The van der Waals surface area contributed by atoms with Crippen LogP contribution in [-0.2, 0) is 30.5 Å². The van der Waals surface area contributed by atoms with Crippen LogP contribution >= 0.6 is 0 Å². The van der Waals surface area contributed by atoms with E-state index in [1.54, 1.807) is 0 Å². The molecule has 0 aliphatic carbocycles. The average Bonchev–Trinajstić information content (AvgIpc) is 2.79. The van der Waals surface area contributed by atoms with Gasteiger partial charge in [-0.3, -0.25) is 4.79 Å². The molecular weight excluding hydrogens is 386 g/mol. The second-order valence-electron chi connectivity index (χ2n) is 7.96. The van der Waals surface area contributed by atoms with Crippen molar-refractivity contribution in [2.75, 3.05) is 31.1 Å². The summed E-state index contributed by atoms with van der Waals surface area (Å²) in [4.78, 5) is 23.0. The molecule has 4 rings (SSSR count). The summed E-state index contributed by atoms with van der Waals surface area (Å²) in [7, 11) is 0. The first-order valence-corrected chi connectivity index (χ1v) is 10.9. The van der Waals surface area contributed by atoms with Gasteiger partial charge in [0.2, 0.25) is 5.91 Å². The largest absolute Gasteiger partial charge is 0.369 e. The quantitative estimate of drug-likeness (QED) is 0.590. The molecule has 0 atom stereocenters. The molecule has 0 radical (unpaired) electrons. The highest BCUT2D eigenvalue weighted by atomic mass is 16.1. The van der Waals surface area contributed by atoms with Gasteiger partial charge in [0.05, 0.1) is 6.42 Å². The number of hydrogen-bond donors (Lipinski definition) is 2. The normalized spacial score (nSPS) is 13.9. The third-order valence-corrected chi connectivity index (χ3v) is 5.68. The topological polar surface area (TPSA) is 84.1 Å². The van der Waals surface area contributed by atoms with Crippen molar-refractivity contribution in [3.63, 3.8) is 0 Å². The number of nitrogens with one attached hydrogen (secondary N) is 1. The highest BCUT2D eigenvalue weighted by molar-refractivity contribution is 5.77. The van der Waals surface area contributed by atoms with E-state index < -0.39 is 0 Å². The van der Waals surface area contributed by atoms with E-state index in [0.717, 1.165) is 61.7 Å². The summed E-state index contributed by atoms with van der Waals surface area (Å²) in [6.07, 6.45) is 4.44. The van der Waals surface area contributed by atoms with Crippen LogP contribution < -0.4 is 16.0 Å². The fraction of sp³-hybridized carbons (Fsp3) is 0.320. The van der Waals surface area contributed by atoms with Gasteiger partial charge in [-0.15, -0.1) is 0 Å². The lowest BCUT2D eigenvalue weighted by Gasteiger charge is -2.29. The predicted octanol–water partition coefficient (Wildman–Crippen LogP) is 2.29. The van der Waals surface area contributed by atoms with E-state index in [-0.39, 0.29) is 12.3 Å². The molecule has 1 amide bonds. The molecule has 1 saturated heterocycles. The number of nitrogens with two attached hydrogens (primary N) is 1. The summed E-state index contributed by atoms with van der Waals surface area (Å²) >= 11 is 0. The van der Waals surface area contributed by atoms with Crippen molar-refractivity contribution in [1.29, 1.82) is 0 Å². The molecular formula is C25H29N5O. The van der Waals surface area contributed by atoms with Crippen molar-refractivity contribution in [3.05, 3.63) is 89.0 Å². The number of nitrogens with zero attached hydrogens (tertiary/aromatic N) is 3. The van der Waals surface area contributed by atoms with Crippen LogP contribution in [0.2, 0.25) is 0 Å². The minimum Gasteiger partial charge on any atom is -0.369 e. The van der Waals surface area contributed by atoms with Crippen LogP contribution in [-0.4, -0.2) is 42.1 Å². The summed E-state index contributed by atoms with van der Waals surface area (Å²) in [6, 6.07) is 18.7. The SMILES string of the molecule is NC(=O)Cc1ccccc1CCc1ccnc(Cc2ccc(N3CCNCC3)cc2)n1. The Kier molecular flexibility index (Phi) is 6.89. The highest BCUT2D eigenvalue weighted by Crippen LogP contribution is 2.17. The maximum absolute atomic E-state index is 11.3. The number of anilines is 1. The van der Waals surface area contributed by atoms with Gasteiger partial charge in [-0.25, -0.2) is 9.97 Å². The molecule has 31 heavy (non-hydrogen) atoms. The zero-order valence-corrected chi connectivity index (χ0v) is 17.8. The molecule has 160 valence electrons. The summed E-state index contributed by atoms with van der Waals surface area (Å²) in [5, 5.41) is 3.39. The highest BCUT2D eigenvalue weighted by Gasteiger charge is 2.11. The molecule has 1 aliphatic rings. The molecule has 3 aromatic rings. The molecule has 0 bridgehead atoms. The van der Waals surface area contributed by atoms with Crippen LogP contribution in [0.15, 0.2) is 60.8 Å². The van der Waals surface area contributed by atoms with Gasteiger partial charge in [0.25, 0.3) is 0 Å². The van der Waals surface area contributed by atoms with Gasteiger partial charge in [0.1, 0.15) is 5.82 Å². The zero-order chi connectivity index (χ0) is 21.5. The lowest BCUT2D eigenvalue weighted by atomic mass is 9.99. The van der Waals surface area contributed by atoms with Crippen LogP contribution in [0.4, 0.5) is 5.69 Å². The summed E-state index contributed by atoms with van der Waals surface area (Å²) < 4.78 is 0. The smallest absolute Gasteiger partial charge is 0.221 e. The number of aromatic nitrogens is 2. The van der Waals surface area contributed by atoms with Crippen molar-refractivity contribution in [2.24, 2.45) is 5.73 Å². The molecule has 6 nitrogen and oxygen atoms in total. The third kappa shape index (κ3) is 5.89. The monoisotopic (exact) mass is 415 g/mol. The number of hydrogen-bond acceptors (Lipinski definition) is 5. The first kappa shape index (κ1) is 21.0. The number of aryl methyl sites for hydroxylation is 2. The Bertz CT molecular complexity index is 1010. The summed E-state index contributed by atoms with van der Waals surface area (Å²) in [5.74, 6) is 0.526. The van der Waals surface area contributed by atoms with Crippen LogP contribution in [0.25, 0.3) is 0 Å². The van der Waals surface area contributed by atoms with E-state index >= 15 is 0 Å². The van der Waals surface area contributed by atoms with Crippen LogP contribution in [0, 0.1) is 0 Å². The number of carbonyl (C=O) groups is 1. The van der Waals surface area contributed by atoms with Gasteiger partial charge in [-0.1, -0.05) is 36.4 Å². The molecule has 2 aromatic carbocycles. The molecule has 1 aromatic heterocycles. The van der Waals surface area contributed by atoms with Gasteiger partial charge >= 0.3 is 0 Å². The second kappa shape index (κ2) is 10.2. The van der Waals surface area contributed by atoms with Crippen molar-refractivity contribution in [2.45, 2.75) is 25.7 Å².